The van der Waals surface area contributed by atoms with Crippen LogP contribution in [0.2, 0.25) is 0 Å². The molecule has 0 radical (unpaired) electrons. The van der Waals surface area contributed by atoms with Gasteiger partial charge in [0.1, 0.15) is 0 Å². The average Bonchev–Trinajstić information content (AvgIpc) is 3.49. The van der Waals surface area contributed by atoms with Gasteiger partial charge in [0.2, 0.25) is 5.91 Å². The minimum absolute atomic E-state index is 0.0120. The fourth-order valence-corrected chi connectivity index (χ4v) is 12.2. The van der Waals surface area contributed by atoms with E-state index in [9.17, 15) is 19.8 Å². The lowest BCUT2D eigenvalue weighted by atomic mass is 10.0. The molecule has 0 aromatic rings. The van der Waals surface area contributed by atoms with Gasteiger partial charge in [-0.15, -0.1) is 0 Å². The van der Waals surface area contributed by atoms with Gasteiger partial charge in [-0.05, 0) is 57.8 Å². The number of hydrogen-bond donors (Lipinski definition) is 3. The average molecular weight is 1170 g/mol. The predicted molar refractivity (Wildman–Crippen MR) is 366 cm³/mol. The summed E-state index contributed by atoms with van der Waals surface area (Å²) in [6.45, 7) is 4.97. The van der Waals surface area contributed by atoms with E-state index in [4.69, 9.17) is 4.74 Å². The van der Waals surface area contributed by atoms with E-state index < -0.39 is 12.1 Å². The number of carbonyl (C=O) groups is 2. The van der Waals surface area contributed by atoms with Crippen LogP contribution in [0.3, 0.4) is 0 Å². The molecule has 0 bridgehead atoms. The molecule has 0 rings (SSSR count). The topological polar surface area (TPSA) is 95.9 Å². The van der Waals surface area contributed by atoms with Gasteiger partial charge in [-0.3, -0.25) is 9.59 Å². The maximum Gasteiger partial charge on any atom is 0.305 e. The monoisotopic (exact) mass is 1170 g/mol. The summed E-state index contributed by atoms with van der Waals surface area (Å²) in [5.74, 6) is -0.0171. The lowest BCUT2D eigenvalue weighted by Crippen LogP contribution is -2.45. The zero-order valence-corrected chi connectivity index (χ0v) is 56.5. The third kappa shape index (κ3) is 69.3. The quantitative estimate of drug-likeness (QED) is 0.0320. The van der Waals surface area contributed by atoms with Gasteiger partial charge in [-0.2, -0.15) is 0 Å². The van der Waals surface area contributed by atoms with Crippen molar-refractivity contribution in [1.29, 1.82) is 0 Å². The van der Waals surface area contributed by atoms with Crippen molar-refractivity contribution in [3.05, 3.63) is 24.3 Å². The second kappa shape index (κ2) is 72.8. The van der Waals surface area contributed by atoms with Gasteiger partial charge in [-0.1, -0.05) is 385 Å². The fourth-order valence-electron chi connectivity index (χ4n) is 12.2. The van der Waals surface area contributed by atoms with E-state index in [1.165, 1.54) is 347 Å². The van der Waals surface area contributed by atoms with Crippen LogP contribution in [0.25, 0.3) is 0 Å². The molecule has 0 fully saturated rings. The van der Waals surface area contributed by atoms with E-state index in [0.717, 1.165) is 51.4 Å². The van der Waals surface area contributed by atoms with E-state index in [-0.39, 0.29) is 18.5 Å². The van der Waals surface area contributed by atoms with Crippen molar-refractivity contribution in [3.63, 3.8) is 0 Å². The number of allylic oxidation sites excluding steroid dienone is 4. The van der Waals surface area contributed by atoms with Crippen LogP contribution in [0.15, 0.2) is 24.3 Å². The standard InChI is InChI=1S/C77H149NO5/c1-3-5-7-9-11-13-15-17-19-21-23-24-25-27-30-34-37-41-45-49-53-57-61-65-69-75(80)74(73-79)78-76(81)70-66-62-58-54-50-46-42-38-35-31-28-26-29-32-36-40-44-48-52-56-60-64-68-72-83-77(82)71-67-63-59-55-51-47-43-39-33-22-20-18-16-14-12-10-8-6-4-2/h12,14,18,20,74-75,79-80H,3-11,13,15-17,19,21-73H2,1-2H3,(H,78,81)/b14-12-,20-18-. The van der Waals surface area contributed by atoms with E-state index >= 15 is 0 Å². The number of nitrogens with one attached hydrogen (secondary N) is 1. The highest BCUT2D eigenvalue weighted by Crippen LogP contribution is 2.20. The minimum atomic E-state index is -0.666. The van der Waals surface area contributed by atoms with Gasteiger partial charge in [-0.25, -0.2) is 0 Å². The Morgan fingerprint density at radius 1 is 0.337 bits per heavy atom. The Kier molecular flexibility index (Phi) is 71.4. The van der Waals surface area contributed by atoms with E-state index in [2.05, 4.69) is 43.5 Å². The van der Waals surface area contributed by atoms with Crippen LogP contribution < -0.4 is 5.32 Å². The third-order valence-corrected chi connectivity index (χ3v) is 18.0. The first-order valence-corrected chi connectivity index (χ1v) is 38.1. The molecule has 0 aromatic heterocycles. The number of carbonyl (C=O) groups excluding carboxylic acids is 2. The minimum Gasteiger partial charge on any atom is -0.466 e. The lowest BCUT2D eigenvalue weighted by molar-refractivity contribution is -0.143. The SMILES string of the molecule is CCCCC/C=C\C/C=C\CCCCCCCCCCCC(=O)OCCCCCCCCCCCCCCCCCCCCCCCCCC(=O)NC(CO)C(O)CCCCCCCCCCCCCCCCCCCCCCCCCC. The second-order valence-electron chi connectivity index (χ2n) is 26.3. The Bertz CT molecular complexity index is 1300. The molecule has 0 spiro atoms. The van der Waals surface area contributed by atoms with Crippen LogP contribution in [0.4, 0.5) is 0 Å². The lowest BCUT2D eigenvalue weighted by Gasteiger charge is -2.22. The number of amides is 1. The Balaban J connectivity index is 3.36. The molecule has 6 nitrogen and oxygen atoms in total. The van der Waals surface area contributed by atoms with Gasteiger partial charge in [0, 0.05) is 12.8 Å². The molecule has 0 aliphatic rings. The molecule has 492 valence electrons. The highest BCUT2D eigenvalue weighted by atomic mass is 16.5. The normalized spacial score (nSPS) is 12.6. The van der Waals surface area contributed by atoms with E-state index in [1.54, 1.807) is 0 Å². The molecule has 3 N–H and O–H groups in total. The van der Waals surface area contributed by atoms with Crippen LogP contribution in [-0.2, 0) is 14.3 Å². The summed E-state index contributed by atoms with van der Waals surface area (Å²) in [6.07, 6.45) is 92.4. The molecule has 0 saturated carbocycles. The zero-order chi connectivity index (χ0) is 59.9. The van der Waals surface area contributed by atoms with E-state index in [1.807, 2.05) is 0 Å². The molecule has 6 heteroatoms. The summed E-state index contributed by atoms with van der Waals surface area (Å²) in [5.41, 5.74) is 0. The number of hydrogen-bond acceptors (Lipinski definition) is 5. The Labute approximate surface area is 520 Å². The maximum atomic E-state index is 12.6. The molecule has 83 heavy (non-hydrogen) atoms. The van der Waals surface area contributed by atoms with Gasteiger partial charge in [0.25, 0.3) is 0 Å². The fraction of sp³-hybridized carbons (Fsp3) is 0.922. The highest BCUT2D eigenvalue weighted by Gasteiger charge is 2.20. The molecule has 0 aliphatic carbocycles. The summed E-state index contributed by atoms with van der Waals surface area (Å²) < 4.78 is 5.51. The number of unbranched alkanes of at least 4 members (excludes halogenated alkanes) is 57. The largest absolute Gasteiger partial charge is 0.466 e. The van der Waals surface area contributed by atoms with Crippen molar-refractivity contribution in [2.24, 2.45) is 0 Å². The van der Waals surface area contributed by atoms with Crippen LogP contribution in [-0.4, -0.2) is 47.4 Å². The summed E-state index contributed by atoms with van der Waals surface area (Å²) >= 11 is 0. The molecule has 1 amide bonds. The van der Waals surface area contributed by atoms with Gasteiger partial charge < -0.3 is 20.3 Å². The van der Waals surface area contributed by atoms with Crippen LogP contribution >= 0.6 is 0 Å². The Hall–Kier alpha value is -1.66. The van der Waals surface area contributed by atoms with Gasteiger partial charge >= 0.3 is 5.97 Å². The van der Waals surface area contributed by atoms with Crippen molar-refractivity contribution in [2.45, 2.75) is 443 Å². The van der Waals surface area contributed by atoms with Crippen molar-refractivity contribution < 1.29 is 24.5 Å². The van der Waals surface area contributed by atoms with Crippen LogP contribution in [0.1, 0.15) is 431 Å². The molecule has 0 aliphatic heterocycles. The van der Waals surface area contributed by atoms with Gasteiger partial charge in [0.05, 0.1) is 25.4 Å². The summed E-state index contributed by atoms with van der Waals surface area (Å²) in [4.78, 5) is 24.7. The number of ether oxygens (including phenoxy) is 1. The molecular weight excluding hydrogens is 1020 g/mol. The number of esters is 1. The van der Waals surface area contributed by atoms with E-state index in [0.29, 0.717) is 25.9 Å². The molecule has 2 atom stereocenters. The predicted octanol–water partition coefficient (Wildman–Crippen LogP) is 24.9. The Morgan fingerprint density at radius 2 is 0.602 bits per heavy atom. The van der Waals surface area contributed by atoms with Crippen molar-refractivity contribution in [2.75, 3.05) is 13.2 Å². The van der Waals surface area contributed by atoms with Crippen molar-refractivity contribution in [1.82, 2.24) is 5.32 Å². The zero-order valence-electron chi connectivity index (χ0n) is 56.5. The van der Waals surface area contributed by atoms with Gasteiger partial charge in [0.15, 0.2) is 0 Å². The number of rotatable bonds is 72. The molecule has 0 heterocycles. The Morgan fingerprint density at radius 3 is 0.940 bits per heavy atom. The maximum absolute atomic E-state index is 12.6. The van der Waals surface area contributed by atoms with Crippen molar-refractivity contribution in [3.8, 4) is 0 Å². The first-order valence-electron chi connectivity index (χ1n) is 38.1. The van der Waals surface area contributed by atoms with Crippen LogP contribution in [0, 0.1) is 0 Å². The highest BCUT2D eigenvalue weighted by molar-refractivity contribution is 5.76. The third-order valence-electron chi connectivity index (χ3n) is 18.0. The summed E-state index contributed by atoms with van der Waals surface area (Å²) in [6, 6.07) is -0.543. The first-order chi connectivity index (χ1) is 41.0. The smallest absolute Gasteiger partial charge is 0.305 e. The molecule has 0 saturated heterocycles. The summed E-state index contributed by atoms with van der Waals surface area (Å²) in [5, 5.41) is 23.5. The number of aliphatic hydroxyl groups is 2. The second-order valence-corrected chi connectivity index (χ2v) is 26.3. The molecule has 2 unspecified atom stereocenters. The van der Waals surface area contributed by atoms with Crippen LogP contribution in [0.5, 0.6) is 0 Å². The molecular formula is C77H149NO5. The molecule has 0 aromatic carbocycles. The first kappa shape index (κ1) is 81.3. The number of aliphatic hydroxyl groups excluding tert-OH is 2. The van der Waals surface area contributed by atoms with Crippen molar-refractivity contribution >= 4 is 11.9 Å². The summed E-state index contributed by atoms with van der Waals surface area (Å²) in [7, 11) is 0.